The van der Waals surface area contributed by atoms with Crippen molar-refractivity contribution >= 4 is 35.0 Å². The third-order valence-electron chi connectivity index (χ3n) is 4.59. The first-order valence-corrected chi connectivity index (χ1v) is 9.25. The Labute approximate surface area is 181 Å². The fourth-order valence-corrected chi connectivity index (χ4v) is 3.29. The summed E-state index contributed by atoms with van der Waals surface area (Å²) in [7, 11) is 0. The molecule has 0 radical (unpaired) electrons. The van der Waals surface area contributed by atoms with E-state index in [-0.39, 0.29) is 40.4 Å². The number of benzene rings is 2. The zero-order valence-corrected chi connectivity index (χ0v) is 17.8. The lowest BCUT2D eigenvalue weighted by atomic mass is 9.92. The van der Waals surface area contributed by atoms with Crippen molar-refractivity contribution < 1.29 is 17.7 Å². The number of nitrogens with one attached hydrogen (secondary N) is 1. The molecule has 2 aromatic heterocycles. The average molecular weight is 456 g/mol. The van der Waals surface area contributed by atoms with Crippen LogP contribution in [-0.4, -0.2) is 15.1 Å². The topological polar surface area (TPSA) is 54.7 Å². The molecule has 0 unspecified atom stereocenters. The molecule has 0 bridgehead atoms. The molecule has 4 aromatic rings. The van der Waals surface area contributed by atoms with Gasteiger partial charge >= 0.3 is 6.18 Å². The summed E-state index contributed by atoms with van der Waals surface area (Å²) in [5, 5.41) is 4.37. The Hall–Kier alpha value is -2.51. The SMILES string of the molecule is CC(C)(C)c1cc(-c2nc3c(C(F)(F)F)cc(-c4ccccc4Cl)cc3[nH]2)on1.Cl. The molecule has 0 fully saturated rings. The van der Waals surface area contributed by atoms with E-state index in [1.807, 2.05) is 20.8 Å². The van der Waals surface area contributed by atoms with Crippen LogP contribution in [0.4, 0.5) is 13.2 Å². The first kappa shape index (κ1) is 22.2. The Balaban J connectivity index is 0.00000256. The number of aromatic amines is 1. The highest BCUT2D eigenvalue weighted by Crippen LogP contribution is 2.39. The number of fused-ring (bicyclic) bond motifs is 1. The Morgan fingerprint density at radius 3 is 2.33 bits per heavy atom. The maximum Gasteiger partial charge on any atom is 0.418 e. The van der Waals surface area contributed by atoms with Gasteiger partial charge in [0.25, 0.3) is 0 Å². The van der Waals surface area contributed by atoms with Gasteiger partial charge in [0.2, 0.25) is 5.76 Å². The van der Waals surface area contributed by atoms with Crippen molar-refractivity contribution in [3.63, 3.8) is 0 Å². The molecule has 9 heteroatoms. The molecular formula is C21H18Cl2F3N3O. The third-order valence-corrected chi connectivity index (χ3v) is 4.92. The predicted octanol–water partition coefficient (Wildman–Crippen LogP) is 7.28. The number of alkyl halides is 3. The summed E-state index contributed by atoms with van der Waals surface area (Å²) in [6, 6.07) is 11.1. The zero-order chi connectivity index (χ0) is 21.0. The van der Waals surface area contributed by atoms with Crippen LogP contribution in [0.1, 0.15) is 32.0 Å². The van der Waals surface area contributed by atoms with Gasteiger partial charge in [-0.15, -0.1) is 12.4 Å². The Kier molecular flexibility index (Phi) is 5.64. The minimum atomic E-state index is -4.58. The van der Waals surface area contributed by atoms with Gasteiger partial charge in [0.05, 0.1) is 16.8 Å². The van der Waals surface area contributed by atoms with Crippen LogP contribution in [0.25, 0.3) is 33.7 Å². The Bertz CT molecular complexity index is 1210. The van der Waals surface area contributed by atoms with E-state index < -0.39 is 11.7 Å². The molecular weight excluding hydrogens is 438 g/mol. The van der Waals surface area contributed by atoms with Gasteiger partial charge in [-0.3, -0.25) is 0 Å². The van der Waals surface area contributed by atoms with E-state index in [1.54, 1.807) is 36.4 Å². The second-order valence-electron chi connectivity index (χ2n) is 7.81. The first-order chi connectivity index (χ1) is 13.5. The third kappa shape index (κ3) is 4.04. The quantitative estimate of drug-likeness (QED) is 0.345. The molecule has 30 heavy (non-hydrogen) atoms. The number of aromatic nitrogens is 3. The number of rotatable bonds is 2. The monoisotopic (exact) mass is 455 g/mol. The van der Waals surface area contributed by atoms with Gasteiger partial charge in [0.15, 0.2) is 5.82 Å². The predicted molar refractivity (Wildman–Crippen MR) is 113 cm³/mol. The molecule has 0 spiro atoms. The largest absolute Gasteiger partial charge is 0.418 e. The van der Waals surface area contributed by atoms with Crippen molar-refractivity contribution in [3.05, 3.63) is 58.7 Å². The van der Waals surface area contributed by atoms with Gasteiger partial charge in [-0.05, 0) is 23.8 Å². The van der Waals surface area contributed by atoms with Crippen molar-refractivity contribution in [2.24, 2.45) is 0 Å². The maximum absolute atomic E-state index is 13.8. The lowest BCUT2D eigenvalue weighted by molar-refractivity contribution is -0.136. The molecule has 0 aliphatic heterocycles. The van der Waals surface area contributed by atoms with Crippen LogP contribution in [0.15, 0.2) is 47.0 Å². The van der Waals surface area contributed by atoms with Crippen molar-refractivity contribution in [2.75, 3.05) is 0 Å². The lowest BCUT2D eigenvalue weighted by Crippen LogP contribution is -2.10. The molecule has 0 aliphatic rings. The zero-order valence-electron chi connectivity index (χ0n) is 16.3. The molecule has 2 heterocycles. The highest BCUT2D eigenvalue weighted by molar-refractivity contribution is 6.33. The minimum absolute atomic E-state index is 0. The van der Waals surface area contributed by atoms with Crippen LogP contribution in [0.2, 0.25) is 5.02 Å². The van der Waals surface area contributed by atoms with E-state index in [0.717, 1.165) is 6.07 Å². The number of halogens is 5. The van der Waals surface area contributed by atoms with E-state index in [2.05, 4.69) is 15.1 Å². The molecule has 0 saturated carbocycles. The summed E-state index contributed by atoms with van der Waals surface area (Å²) >= 11 is 6.19. The van der Waals surface area contributed by atoms with Crippen molar-refractivity contribution in [3.8, 4) is 22.7 Å². The summed E-state index contributed by atoms with van der Waals surface area (Å²) in [6.07, 6.45) is -4.58. The standard InChI is InChI=1S/C21H17ClF3N3O.ClH/c1-20(2,3)17-10-16(29-28-17)19-26-15-9-11(12-6-4-5-7-14(12)22)8-13(18(15)27-19)21(23,24)25;/h4-10H,1-3H3,(H,26,27);1H. The van der Waals surface area contributed by atoms with Crippen LogP contribution in [0, 0.1) is 0 Å². The van der Waals surface area contributed by atoms with Crippen LogP contribution in [-0.2, 0) is 11.6 Å². The number of H-pyrrole nitrogens is 1. The number of hydrogen-bond donors (Lipinski definition) is 1. The van der Waals surface area contributed by atoms with Crippen molar-refractivity contribution in [2.45, 2.75) is 32.4 Å². The van der Waals surface area contributed by atoms with Crippen LogP contribution < -0.4 is 0 Å². The van der Waals surface area contributed by atoms with Gasteiger partial charge in [0.1, 0.15) is 5.52 Å². The molecule has 0 aliphatic carbocycles. The minimum Gasteiger partial charge on any atom is -0.353 e. The van der Waals surface area contributed by atoms with Crippen LogP contribution in [0.3, 0.4) is 0 Å². The van der Waals surface area contributed by atoms with Gasteiger partial charge < -0.3 is 9.51 Å². The number of hydrogen-bond acceptors (Lipinski definition) is 3. The molecule has 0 amide bonds. The van der Waals surface area contributed by atoms with Gasteiger partial charge in [-0.25, -0.2) is 4.98 Å². The molecule has 158 valence electrons. The molecule has 0 saturated heterocycles. The highest BCUT2D eigenvalue weighted by Gasteiger charge is 2.35. The normalized spacial score (nSPS) is 12.2. The van der Waals surface area contributed by atoms with E-state index in [1.165, 1.54) is 0 Å². The fourth-order valence-electron chi connectivity index (χ4n) is 3.04. The summed E-state index contributed by atoms with van der Waals surface area (Å²) in [5.41, 5.74) is 0.479. The second-order valence-corrected chi connectivity index (χ2v) is 8.22. The summed E-state index contributed by atoms with van der Waals surface area (Å²) in [5.74, 6) is 0.461. The van der Waals surface area contributed by atoms with Crippen LogP contribution in [0.5, 0.6) is 0 Å². The van der Waals surface area contributed by atoms with Crippen LogP contribution >= 0.6 is 24.0 Å². The van der Waals surface area contributed by atoms with Gasteiger partial charge in [-0.1, -0.05) is 55.7 Å². The maximum atomic E-state index is 13.8. The number of imidazole rings is 1. The second kappa shape index (κ2) is 7.63. The lowest BCUT2D eigenvalue weighted by Gasteiger charge is -2.12. The summed E-state index contributed by atoms with van der Waals surface area (Å²) < 4.78 is 46.6. The molecule has 0 atom stereocenters. The highest BCUT2D eigenvalue weighted by atomic mass is 35.5. The van der Waals surface area contributed by atoms with Gasteiger partial charge in [-0.2, -0.15) is 13.2 Å². The first-order valence-electron chi connectivity index (χ1n) is 8.87. The summed E-state index contributed by atoms with van der Waals surface area (Å²) in [6.45, 7) is 5.89. The number of nitrogens with zero attached hydrogens (tertiary/aromatic N) is 2. The molecule has 1 N–H and O–H groups in total. The smallest absolute Gasteiger partial charge is 0.353 e. The molecule has 4 rings (SSSR count). The summed E-state index contributed by atoms with van der Waals surface area (Å²) in [4.78, 5) is 7.09. The Morgan fingerprint density at radius 1 is 1.03 bits per heavy atom. The molecule has 2 aromatic carbocycles. The van der Waals surface area contributed by atoms with Crippen molar-refractivity contribution in [1.82, 2.24) is 15.1 Å². The average Bonchev–Trinajstić information content (AvgIpc) is 3.27. The van der Waals surface area contributed by atoms with E-state index >= 15 is 0 Å². The van der Waals surface area contributed by atoms with E-state index in [9.17, 15) is 13.2 Å². The molecule has 4 nitrogen and oxygen atoms in total. The Morgan fingerprint density at radius 2 is 1.73 bits per heavy atom. The van der Waals surface area contributed by atoms with E-state index in [0.29, 0.717) is 21.8 Å². The van der Waals surface area contributed by atoms with Gasteiger partial charge in [0, 0.05) is 22.1 Å². The fraction of sp³-hybridized carbons (Fsp3) is 0.238. The van der Waals surface area contributed by atoms with Crippen molar-refractivity contribution in [1.29, 1.82) is 0 Å². The van der Waals surface area contributed by atoms with E-state index in [4.69, 9.17) is 16.1 Å².